The van der Waals surface area contributed by atoms with Crippen LogP contribution < -0.4 is 0 Å². The van der Waals surface area contributed by atoms with Gasteiger partial charge in [0.05, 0.1) is 0 Å². The number of aliphatic carboxylic acids is 2. The molecule has 0 aliphatic heterocycles. The first kappa shape index (κ1) is 50.6. The number of unbranched alkanes of at least 4 members (excludes halogenated alkanes) is 20. The molecule has 0 radical (unpaired) electrons. The smallest absolute Gasteiger partial charge is 0.370 e. The predicted molar refractivity (Wildman–Crippen MR) is 180 cm³/mol. The second-order valence-electron chi connectivity index (χ2n) is 13.4. The number of rotatable bonds is 30. The van der Waals surface area contributed by atoms with Crippen molar-refractivity contribution in [3.05, 3.63) is 0 Å². The standard InChI is InChI=1S/C18H36O14.C16H32O2/c1-2-3-4-5-6-7-8-9-10-11-13(21,22)15(25,26)17(29,30)18(31,32)16(27,28)14(23,24)12(19)20;1-2-3-4-5-6-7-8-9-10-11-12-13-14-15-16(17)18/h21-32H,2-11H2,1H3,(H,19,20);2-15H2,1H3,(H,17,18). The van der Waals surface area contributed by atoms with Gasteiger partial charge < -0.3 is 71.5 Å². The van der Waals surface area contributed by atoms with E-state index < -0.39 is 53.1 Å². The summed E-state index contributed by atoms with van der Waals surface area (Å²) in [5, 5.41) is 133. The normalized spacial score (nSPS) is 13.2. The van der Waals surface area contributed by atoms with Gasteiger partial charge in [0.1, 0.15) is 0 Å². The Morgan fingerprint density at radius 3 is 0.960 bits per heavy atom. The average Bonchev–Trinajstić information content (AvgIpc) is 3.02. The Labute approximate surface area is 295 Å². The van der Waals surface area contributed by atoms with E-state index in [-0.39, 0.29) is 6.42 Å². The third-order valence-electron chi connectivity index (χ3n) is 8.92. The van der Waals surface area contributed by atoms with Gasteiger partial charge in [-0.1, -0.05) is 142 Å². The minimum absolute atomic E-state index is 0.146. The zero-order valence-corrected chi connectivity index (χ0v) is 30.0. The summed E-state index contributed by atoms with van der Waals surface area (Å²) in [5.41, 5.74) is 0. The van der Waals surface area contributed by atoms with Gasteiger partial charge in [-0.15, -0.1) is 0 Å². The maximum Gasteiger partial charge on any atom is 0.370 e. The predicted octanol–water partition coefficient (Wildman–Crippen LogP) is 1.63. The highest BCUT2D eigenvalue weighted by atomic mass is 16.7. The van der Waals surface area contributed by atoms with Gasteiger partial charge in [-0.2, -0.15) is 0 Å². The lowest BCUT2D eigenvalue weighted by molar-refractivity contribution is -0.557. The molecule has 16 nitrogen and oxygen atoms in total. The van der Waals surface area contributed by atoms with Gasteiger partial charge >= 0.3 is 17.7 Å². The maximum absolute atomic E-state index is 10.8. The Morgan fingerprint density at radius 2 is 0.660 bits per heavy atom. The maximum atomic E-state index is 10.8. The highest BCUT2D eigenvalue weighted by molar-refractivity contribution is 5.76. The van der Waals surface area contributed by atoms with E-state index in [9.17, 15) is 70.9 Å². The lowest BCUT2D eigenvalue weighted by Crippen LogP contribution is -2.85. The summed E-state index contributed by atoms with van der Waals surface area (Å²) in [6.45, 7) is 4.33. The fraction of sp³-hybridized carbons (Fsp3) is 0.941. The van der Waals surface area contributed by atoms with Gasteiger partial charge in [0.2, 0.25) is 5.79 Å². The summed E-state index contributed by atoms with van der Waals surface area (Å²) in [7, 11) is 0. The second-order valence-corrected chi connectivity index (χ2v) is 13.4. The molecule has 14 N–H and O–H groups in total. The average molecular weight is 733 g/mol. The summed E-state index contributed by atoms with van der Waals surface area (Å²) < 4.78 is 0. The summed E-state index contributed by atoms with van der Waals surface area (Å²) in [6.07, 6.45) is 23.0. The number of hydrogen-bond acceptors (Lipinski definition) is 14. The summed E-state index contributed by atoms with van der Waals surface area (Å²) in [5.74, 6) is -32.9. The quantitative estimate of drug-likeness (QED) is 0.0368. The van der Waals surface area contributed by atoms with Gasteiger partial charge in [-0.25, -0.2) is 4.79 Å². The molecule has 0 unspecified atom stereocenters. The summed E-state index contributed by atoms with van der Waals surface area (Å²) in [6, 6.07) is 0. The molecule has 0 atom stereocenters. The van der Waals surface area contributed by atoms with Crippen molar-refractivity contribution in [1.29, 1.82) is 0 Å². The molecule has 0 fully saturated rings. The topological polar surface area (TPSA) is 317 Å². The van der Waals surface area contributed by atoms with Crippen LogP contribution in [0.2, 0.25) is 0 Å². The molecule has 300 valence electrons. The van der Waals surface area contributed by atoms with Gasteiger partial charge in [0.25, 0.3) is 23.1 Å². The molecule has 0 saturated carbocycles. The van der Waals surface area contributed by atoms with Gasteiger partial charge in [-0.3, -0.25) is 4.79 Å². The SMILES string of the molecule is CCCCCCCCCCCC(O)(O)C(O)(O)C(O)(O)C(O)(O)C(O)(O)C(O)(O)C(=O)O.CCCCCCCCCCCCCCCC(=O)O. The van der Waals surface area contributed by atoms with Crippen molar-refractivity contribution in [1.82, 2.24) is 0 Å². The molecule has 0 aliphatic rings. The van der Waals surface area contributed by atoms with Crippen LogP contribution in [0.5, 0.6) is 0 Å². The molecule has 0 rings (SSSR count). The first-order chi connectivity index (χ1) is 23.0. The zero-order valence-electron chi connectivity index (χ0n) is 30.0. The summed E-state index contributed by atoms with van der Waals surface area (Å²) in [4.78, 5) is 21.1. The Balaban J connectivity index is 0. The van der Waals surface area contributed by atoms with Gasteiger partial charge in [0.15, 0.2) is 0 Å². The van der Waals surface area contributed by atoms with Crippen LogP contribution in [-0.2, 0) is 9.59 Å². The van der Waals surface area contributed by atoms with E-state index in [1.54, 1.807) is 0 Å². The largest absolute Gasteiger partial charge is 0.481 e. The lowest BCUT2D eigenvalue weighted by Gasteiger charge is -2.51. The van der Waals surface area contributed by atoms with Crippen molar-refractivity contribution in [2.75, 3.05) is 0 Å². The molecule has 0 saturated heterocycles. The van der Waals surface area contributed by atoms with Crippen LogP contribution in [-0.4, -0.2) is 118 Å². The van der Waals surface area contributed by atoms with E-state index in [1.165, 1.54) is 70.6 Å². The number of carboxylic acids is 2. The van der Waals surface area contributed by atoms with Crippen LogP contribution in [0.1, 0.15) is 168 Å². The minimum atomic E-state index is -5.29. The fourth-order valence-electron chi connectivity index (χ4n) is 5.31. The van der Waals surface area contributed by atoms with E-state index >= 15 is 0 Å². The lowest BCUT2D eigenvalue weighted by atomic mass is 9.80. The van der Waals surface area contributed by atoms with Crippen molar-refractivity contribution >= 4 is 11.9 Å². The number of carbonyl (C=O) groups is 2. The highest BCUT2D eigenvalue weighted by Gasteiger charge is 2.80. The molecule has 50 heavy (non-hydrogen) atoms. The Kier molecular flexibility index (Phi) is 24.9. The third-order valence-corrected chi connectivity index (χ3v) is 8.92. The Morgan fingerprint density at radius 1 is 0.380 bits per heavy atom. The minimum Gasteiger partial charge on any atom is -0.481 e. The molecule has 0 bridgehead atoms. The number of carboxylic acid groups (broad SMARTS) is 2. The molecular weight excluding hydrogens is 664 g/mol. The molecular formula is C34H68O16. The molecule has 16 heteroatoms. The van der Waals surface area contributed by atoms with Gasteiger partial charge in [-0.05, 0) is 12.8 Å². The van der Waals surface area contributed by atoms with Crippen LogP contribution in [0.15, 0.2) is 0 Å². The van der Waals surface area contributed by atoms with Crippen LogP contribution in [0.3, 0.4) is 0 Å². The van der Waals surface area contributed by atoms with Crippen molar-refractivity contribution in [3.63, 3.8) is 0 Å². The first-order valence-electron chi connectivity index (χ1n) is 18.2. The van der Waals surface area contributed by atoms with Crippen LogP contribution >= 0.6 is 0 Å². The van der Waals surface area contributed by atoms with E-state index in [0.717, 1.165) is 51.4 Å². The van der Waals surface area contributed by atoms with Crippen LogP contribution in [0.4, 0.5) is 0 Å². The van der Waals surface area contributed by atoms with Crippen molar-refractivity contribution in [2.24, 2.45) is 0 Å². The van der Waals surface area contributed by atoms with Crippen molar-refractivity contribution in [3.8, 4) is 0 Å². The van der Waals surface area contributed by atoms with Crippen molar-refractivity contribution < 1.29 is 81.1 Å². The Hall–Kier alpha value is -1.54. The molecule has 0 spiro atoms. The van der Waals surface area contributed by atoms with E-state index in [2.05, 4.69) is 13.8 Å². The molecule has 0 aromatic rings. The van der Waals surface area contributed by atoms with Crippen LogP contribution in [0.25, 0.3) is 0 Å². The Bertz CT molecular complexity index is 902. The van der Waals surface area contributed by atoms with Crippen LogP contribution in [0, 0.1) is 0 Å². The van der Waals surface area contributed by atoms with E-state index in [1.807, 2.05) is 0 Å². The molecule has 0 heterocycles. The molecule has 0 aliphatic carbocycles. The van der Waals surface area contributed by atoms with Gasteiger partial charge in [0, 0.05) is 12.8 Å². The fourth-order valence-corrected chi connectivity index (χ4v) is 5.31. The highest BCUT2D eigenvalue weighted by Crippen LogP contribution is 2.43. The van der Waals surface area contributed by atoms with E-state index in [4.69, 9.17) is 10.2 Å². The summed E-state index contributed by atoms with van der Waals surface area (Å²) >= 11 is 0. The molecule has 0 aromatic heterocycles. The van der Waals surface area contributed by atoms with Crippen molar-refractivity contribution in [2.45, 2.75) is 203 Å². The number of aliphatic hydroxyl groups is 12. The second kappa shape index (κ2) is 24.7. The third kappa shape index (κ3) is 16.4. The van der Waals surface area contributed by atoms with E-state index in [0.29, 0.717) is 19.3 Å². The first-order valence-corrected chi connectivity index (χ1v) is 18.2. The zero-order chi connectivity index (χ0) is 39.1. The molecule has 0 amide bonds. The molecule has 0 aromatic carbocycles. The monoisotopic (exact) mass is 732 g/mol. The number of hydrogen-bond donors (Lipinski definition) is 14.